The van der Waals surface area contributed by atoms with Crippen molar-refractivity contribution < 1.29 is 33.0 Å². The highest BCUT2D eigenvalue weighted by Crippen LogP contribution is 2.44. The molecule has 0 saturated carbocycles. The number of methoxy groups -OCH3 is 1. The molecular formula is C26H21Br2ClN2O7. The molecule has 1 aliphatic heterocycles. The molecule has 1 aliphatic rings. The fraction of sp³-hybridized carbons (Fsp3) is 0.192. The minimum atomic E-state index is -0.657. The number of imide groups is 1. The molecule has 2 aromatic carbocycles. The average Bonchev–Trinajstić information content (AvgIpc) is 3.48. The molecule has 0 atom stereocenters. The first-order valence-corrected chi connectivity index (χ1v) is 13.2. The quantitative estimate of drug-likeness (QED) is 0.162. The number of ether oxygens (including phenoxy) is 3. The lowest BCUT2D eigenvalue weighted by molar-refractivity contribution is -0.123. The van der Waals surface area contributed by atoms with Crippen LogP contribution >= 0.6 is 43.5 Å². The monoisotopic (exact) mass is 666 g/mol. The highest BCUT2D eigenvalue weighted by Gasteiger charge is 2.35. The van der Waals surface area contributed by atoms with E-state index in [4.69, 9.17) is 25.5 Å². The van der Waals surface area contributed by atoms with Crippen molar-refractivity contribution in [2.24, 2.45) is 0 Å². The SMILES string of the molecule is CCOc1cc(/C=C2\NC(=O)N(Cc3ccc(C(=O)OC)o3)C2=O)c(Br)c(Br)c1OCc1ccc(Cl)cc1. The molecule has 0 unspecified atom stereocenters. The lowest BCUT2D eigenvalue weighted by Gasteiger charge is -2.17. The lowest BCUT2D eigenvalue weighted by Crippen LogP contribution is -2.30. The van der Waals surface area contributed by atoms with E-state index in [-0.39, 0.29) is 30.4 Å². The Labute approximate surface area is 239 Å². The van der Waals surface area contributed by atoms with Crippen molar-refractivity contribution in [3.63, 3.8) is 0 Å². The van der Waals surface area contributed by atoms with Gasteiger partial charge in [0.25, 0.3) is 5.91 Å². The van der Waals surface area contributed by atoms with Gasteiger partial charge in [0.05, 0.1) is 24.7 Å². The number of halogens is 3. The minimum Gasteiger partial charge on any atom is -0.490 e. The van der Waals surface area contributed by atoms with Crippen LogP contribution in [0.15, 0.2) is 61.5 Å². The highest BCUT2D eigenvalue weighted by molar-refractivity contribution is 9.13. The zero-order valence-electron chi connectivity index (χ0n) is 20.2. The molecule has 3 aromatic rings. The standard InChI is InChI=1S/C26H21Br2ClN2O7/c1-3-36-20-11-15(21(27)22(28)23(20)37-13-14-4-6-16(29)7-5-14)10-18-24(32)31(26(34)30-18)12-17-8-9-19(38-17)25(33)35-2/h4-11H,3,12-13H2,1-2H3,(H,30,34)/b18-10-. The Balaban J connectivity index is 1.57. The van der Waals surface area contributed by atoms with Crippen LogP contribution in [0.3, 0.4) is 0 Å². The first kappa shape index (κ1) is 27.7. The predicted molar refractivity (Wildman–Crippen MR) is 146 cm³/mol. The number of nitrogens with zero attached hydrogens (tertiary/aromatic N) is 1. The number of carbonyl (C=O) groups is 3. The van der Waals surface area contributed by atoms with Crippen LogP contribution in [0.25, 0.3) is 6.08 Å². The molecule has 1 aromatic heterocycles. The van der Waals surface area contributed by atoms with E-state index < -0.39 is 17.9 Å². The second-order valence-corrected chi connectivity index (χ2v) is 9.93. The molecule has 4 rings (SSSR count). The number of carbonyl (C=O) groups excluding carboxylic acids is 3. The van der Waals surface area contributed by atoms with Crippen LogP contribution < -0.4 is 14.8 Å². The third-order valence-electron chi connectivity index (χ3n) is 5.38. The molecule has 2 heterocycles. The minimum absolute atomic E-state index is 0.0269. The van der Waals surface area contributed by atoms with Gasteiger partial charge in [-0.15, -0.1) is 0 Å². The van der Waals surface area contributed by atoms with E-state index in [0.29, 0.717) is 37.6 Å². The van der Waals surface area contributed by atoms with Crippen molar-refractivity contribution in [2.45, 2.75) is 20.1 Å². The molecule has 1 saturated heterocycles. The fourth-order valence-electron chi connectivity index (χ4n) is 3.54. The largest absolute Gasteiger partial charge is 0.490 e. The van der Waals surface area contributed by atoms with Gasteiger partial charge in [0, 0.05) is 9.50 Å². The van der Waals surface area contributed by atoms with Gasteiger partial charge in [0.15, 0.2) is 11.5 Å². The molecule has 1 fully saturated rings. The summed E-state index contributed by atoms with van der Waals surface area (Å²) < 4.78 is 23.0. The third kappa shape index (κ3) is 6.06. The van der Waals surface area contributed by atoms with Crippen LogP contribution in [0.4, 0.5) is 4.79 Å². The molecule has 0 radical (unpaired) electrons. The van der Waals surface area contributed by atoms with Gasteiger partial charge in [-0.05, 0) is 86.3 Å². The summed E-state index contributed by atoms with van der Waals surface area (Å²) in [6.07, 6.45) is 1.53. The van der Waals surface area contributed by atoms with Gasteiger partial charge in [0.1, 0.15) is 18.1 Å². The number of hydrogen-bond donors (Lipinski definition) is 1. The average molecular weight is 669 g/mol. The molecule has 0 spiro atoms. The summed E-state index contributed by atoms with van der Waals surface area (Å²) in [5.74, 6) is -0.0764. The molecule has 12 heteroatoms. The second kappa shape index (κ2) is 12.1. The Morgan fingerprint density at radius 3 is 2.53 bits per heavy atom. The number of nitrogens with one attached hydrogen (secondary N) is 1. The van der Waals surface area contributed by atoms with Crippen molar-refractivity contribution in [1.29, 1.82) is 0 Å². The smallest absolute Gasteiger partial charge is 0.373 e. The molecule has 0 aliphatic carbocycles. The maximum Gasteiger partial charge on any atom is 0.373 e. The molecular weight excluding hydrogens is 648 g/mol. The van der Waals surface area contributed by atoms with E-state index in [1.807, 2.05) is 19.1 Å². The Bertz CT molecular complexity index is 1420. The number of rotatable bonds is 9. The third-order valence-corrected chi connectivity index (χ3v) is 7.77. The highest BCUT2D eigenvalue weighted by atomic mass is 79.9. The van der Waals surface area contributed by atoms with Gasteiger partial charge in [-0.2, -0.15) is 0 Å². The molecule has 38 heavy (non-hydrogen) atoms. The van der Waals surface area contributed by atoms with Gasteiger partial charge in [-0.3, -0.25) is 9.69 Å². The number of furan rings is 1. The van der Waals surface area contributed by atoms with Crippen LogP contribution in [0.5, 0.6) is 11.5 Å². The Kier molecular flexibility index (Phi) is 8.80. The number of amides is 3. The maximum atomic E-state index is 13.0. The normalized spacial score (nSPS) is 14.1. The zero-order chi connectivity index (χ0) is 27.4. The molecule has 0 bridgehead atoms. The summed E-state index contributed by atoms with van der Waals surface area (Å²) in [7, 11) is 1.23. The van der Waals surface area contributed by atoms with Crippen molar-refractivity contribution in [2.75, 3.05) is 13.7 Å². The van der Waals surface area contributed by atoms with E-state index >= 15 is 0 Å². The van der Waals surface area contributed by atoms with E-state index in [9.17, 15) is 14.4 Å². The van der Waals surface area contributed by atoms with Gasteiger partial charge < -0.3 is 23.9 Å². The Morgan fingerprint density at radius 1 is 1.11 bits per heavy atom. The van der Waals surface area contributed by atoms with Crippen LogP contribution in [0, 0.1) is 0 Å². The van der Waals surface area contributed by atoms with Crippen LogP contribution in [0.1, 0.15) is 34.4 Å². The summed E-state index contributed by atoms with van der Waals surface area (Å²) in [6.45, 7) is 2.33. The Hall–Kier alpha value is -3.28. The number of benzene rings is 2. The number of esters is 1. The number of hydrogen-bond acceptors (Lipinski definition) is 7. The van der Waals surface area contributed by atoms with E-state index in [1.165, 1.54) is 25.3 Å². The van der Waals surface area contributed by atoms with Crippen LogP contribution in [-0.4, -0.2) is 36.5 Å². The summed E-state index contributed by atoms with van der Waals surface area (Å²) >= 11 is 13.1. The summed E-state index contributed by atoms with van der Waals surface area (Å²) in [5.41, 5.74) is 1.54. The first-order chi connectivity index (χ1) is 18.2. The summed E-state index contributed by atoms with van der Waals surface area (Å²) in [4.78, 5) is 38.2. The summed E-state index contributed by atoms with van der Waals surface area (Å²) in [5, 5.41) is 3.21. The van der Waals surface area contributed by atoms with Crippen LogP contribution in [0.2, 0.25) is 5.02 Å². The zero-order valence-corrected chi connectivity index (χ0v) is 24.1. The molecule has 9 nitrogen and oxygen atoms in total. The summed E-state index contributed by atoms with van der Waals surface area (Å²) in [6, 6.07) is 11.3. The lowest BCUT2D eigenvalue weighted by atomic mass is 10.1. The predicted octanol–water partition coefficient (Wildman–Crippen LogP) is 6.32. The topological polar surface area (TPSA) is 107 Å². The van der Waals surface area contributed by atoms with Gasteiger partial charge in [-0.1, -0.05) is 23.7 Å². The first-order valence-electron chi connectivity index (χ1n) is 11.2. The second-order valence-electron chi connectivity index (χ2n) is 7.91. The Morgan fingerprint density at radius 2 is 1.84 bits per heavy atom. The van der Waals surface area contributed by atoms with Crippen molar-refractivity contribution in [1.82, 2.24) is 10.2 Å². The molecule has 198 valence electrons. The van der Waals surface area contributed by atoms with Crippen molar-refractivity contribution >= 4 is 67.4 Å². The van der Waals surface area contributed by atoms with E-state index in [0.717, 1.165) is 10.5 Å². The van der Waals surface area contributed by atoms with Gasteiger partial charge in [0.2, 0.25) is 5.76 Å². The molecule has 1 N–H and O–H groups in total. The van der Waals surface area contributed by atoms with Crippen LogP contribution in [-0.2, 0) is 22.7 Å². The maximum absolute atomic E-state index is 13.0. The molecule has 3 amide bonds. The van der Waals surface area contributed by atoms with Gasteiger partial charge >= 0.3 is 12.0 Å². The van der Waals surface area contributed by atoms with E-state index in [2.05, 4.69) is 41.9 Å². The van der Waals surface area contributed by atoms with E-state index in [1.54, 1.807) is 18.2 Å². The van der Waals surface area contributed by atoms with Gasteiger partial charge in [-0.25, -0.2) is 9.59 Å². The fourth-order valence-corrected chi connectivity index (χ4v) is 4.62. The van der Waals surface area contributed by atoms with Crippen molar-refractivity contribution in [3.05, 3.63) is 84.8 Å². The van der Waals surface area contributed by atoms with Crippen molar-refractivity contribution in [3.8, 4) is 11.5 Å². The number of urea groups is 1.